The second-order valence-electron chi connectivity index (χ2n) is 6.49. The Morgan fingerprint density at radius 1 is 0.571 bits per heavy atom. The van der Waals surface area contributed by atoms with Crippen LogP contribution in [0.2, 0.25) is 10.0 Å². The maximum absolute atomic E-state index is 6.22. The van der Waals surface area contributed by atoms with E-state index < -0.39 is 0 Å². The standard InChI is InChI=1S/C25H18Cl2O/c26-22-10-6-20(7-11-22)25-15-12-23(27)16-21(25)17-28-24-13-8-19(9-14-24)18-4-2-1-3-5-18/h1-16H,17H2. The van der Waals surface area contributed by atoms with Gasteiger partial charge >= 0.3 is 0 Å². The number of hydrogen-bond donors (Lipinski definition) is 0. The van der Waals surface area contributed by atoms with Crippen LogP contribution in [0.5, 0.6) is 5.75 Å². The van der Waals surface area contributed by atoms with Crippen molar-refractivity contribution in [1.29, 1.82) is 0 Å². The Kier molecular flexibility index (Phi) is 5.66. The summed E-state index contributed by atoms with van der Waals surface area (Å²) in [6.07, 6.45) is 0. The summed E-state index contributed by atoms with van der Waals surface area (Å²) in [4.78, 5) is 0. The molecule has 1 nitrogen and oxygen atoms in total. The van der Waals surface area contributed by atoms with Crippen molar-refractivity contribution in [3.8, 4) is 28.0 Å². The van der Waals surface area contributed by atoms with E-state index in [1.807, 2.05) is 72.8 Å². The van der Waals surface area contributed by atoms with Gasteiger partial charge in [-0.05, 0) is 64.2 Å². The van der Waals surface area contributed by atoms with E-state index in [2.05, 4.69) is 24.3 Å². The predicted octanol–water partition coefficient (Wildman–Crippen LogP) is 7.91. The Hall–Kier alpha value is -2.74. The highest BCUT2D eigenvalue weighted by molar-refractivity contribution is 6.31. The van der Waals surface area contributed by atoms with Crippen LogP contribution in [0.15, 0.2) is 97.1 Å². The van der Waals surface area contributed by atoms with Gasteiger partial charge in [-0.3, -0.25) is 0 Å². The molecule has 0 heterocycles. The molecule has 0 radical (unpaired) electrons. The van der Waals surface area contributed by atoms with Gasteiger partial charge in [-0.25, -0.2) is 0 Å². The average molecular weight is 405 g/mol. The summed E-state index contributed by atoms with van der Waals surface area (Å²) in [5, 5.41) is 1.41. The van der Waals surface area contributed by atoms with E-state index in [4.69, 9.17) is 27.9 Å². The molecule has 0 aliphatic rings. The molecule has 3 heteroatoms. The topological polar surface area (TPSA) is 9.23 Å². The monoisotopic (exact) mass is 404 g/mol. The van der Waals surface area contributed by atoms with Crippen LogP contribution >= 0.6 is 23.2 Å². The Morgan fingerprint density at radius 3 is 1.89 bits per heavy atom. The molecule has 0 spiro atoms. The molecule has 0 atom stereocenters. The maximum Gasteiger partial charge on any atom is 0.119 e. The van der Waals surface area contributed by atoms with Crippen molar-refractivity contribution in [2.45, 2.75) is 6.61 Å². The van der Waals surface area contributed by atoms with Gasteiger partial charge in [-0.2, -0.15) is 0 Å². The molecular weight excluding hydrogens is 387 g/mol. The quantitative estimate of drug-likeness (QED) is 0.328. The summed E-state index contributed by atoms with van der Waals surface area (Å²) >= 11 is 12.2. The molecule has 0 fully saturated rings. The molecule has 28 heavy (non-hydrogen) atoms. The summed E-state index contributed by atoms with van der Waals surface area (Å²) in [6.45, 7) is 0.434. The van der Waals surface area contributed by atoms with Crippen LogP contribution in [0.25, 0.3) is 22.3 Å². The lowest BCUT2D eigenvalue weighted by molar-refractivity contribution is 0.307. The second-order valence-corrected chi connectivity index (χ2v) is 7.36. The molecule has 4 rings (SSSR count). The first kappa shape index (κ1) is 18.6. The first-order chi connectivity index (χ1) is 13.7. The summed E-state index contributed by atoms with van der Waals surface area (Å²) in [5.41, 5.74) is 5.55. The molecule has 138 valence electrons. The number of ether oxygens (including phenoxy) is 1. The molecule has 4 aromatic rings. The molecule has 0 aliphatic carbocycles. The molecule has 0 saturated carbocycles. The maximum atomic E-state index is 6.22. The third-order valence-corrected chi connectivity index (χ3v) is 5.07. The van der Waals surface area contributed by atoms with Crippen molar-refractivity contribution < 1.29 is 4.74 Å². The molecule has 0 unspecified atom stereocenters. The summed E-state index contributed by atoms with van der Waals surface area (Å²) in [6, 6.07) is 32.1. The molecule has 0 aliphatic heterocycles. The minimum absolute atomic E-state index is 0.434. The van der Waals surface area contributed by atoms with Crippen LogP contribution in [0.4, 0.5) is 0 Å². The first-order valence-corrected chi connectivity index (χ1v) is 9.77. The van der Waals surface area contributed by atoms with Crippen molar-refractivity contribution in [3.63, 3.8) is 0 Å². The van der Waals surface area contributed by atoms with E-state index in [-0.39, 0.29) is 0 Å². The van der Waals surface area contributed by atoms with Crippen LogP contribution in [0, 0.1) is 0 Å². The smallest absolute Gasteiger partial charge is 0.119 e. The van der Waals surface area contributed by atoms with Crippen molar-refractivity contribution in [3.05, 3.63) is 113 Å². The van der Waals surface area contributed by atoms with Crippen LogP contribution < -0.4 is 4.74 Å². The van der Waals surface area contributed by atoms with Crippen LogP contribution in [-0.2, 0) is 6.61 Å². The Labute approximate surface area is 175 Å². The highest BCUT2D eigenvalue weighted by atomic mass is 35.5. The molecule has 0 aromatic heterocycles. The van der Waals surface area contributed by atoms with Crippen molar-refractivity contribution >= 4 is 23.2 Å². The summed E-state index contributed by atoms with van der Waals surface area (Å²) in [7, 11) is 0. The number of benzene rings is 4. The van der Waals surface area contributed by atoms with Gasteiger partial charge in [-0.1, -0.05) is 83.9 Å². The van der Waals surface area contributed by atoms with Crippen molar-refractivity contribution in [1.82, 2.24) is 0 Å². The number of halogens is 2. The number of hydrogen-bond acceptors (Lipinski definition) is 1. The minimum atomic E-state index is 0.434. The van der Waals surface area contributed by atoms with Gasteiger partial charge in [0.2, 0.25) is 0 Å². The van der Waals surface area contributed by atoms with E-state index in [1.54, 1.807) is 0 Å². The predicted molar refractivity (Wildman–Crippen MR) is 118 cm³/mol. The molecular formula is C25H18Cl2O. The molecule has 0 N–H and O–H groups in total. The van der Waals surface area contributed by atoms with Crippen LogP contribution in [0.3, 0.4) is 0 Å². The fraction of sp³-hybridized carbons (Fsp3) is 0.0400. The van der Waals surface area contributed by atoms with E-state index in [1.165, 1.54) is 5.56 Å². The second kappa shape index (κ2) is 8.52. The zero-order valence-electron chi connectivity index (χ0n) is 15.1. The summed E-state index contributed by atoms with van der Waals surface area (Å²) in [5.74, 6) is 0.821. The van der Waals surface area contributed by atoms with E-state index in [0.717, 1.165) is 28.0 Å². The van der Waals surface area contributed by atoms with E-state index in [9.17, 15) is 0 Å². The van der Waals surface area contributed by atoms with E-state index >= 15 is 0 Å². The molecule has 0 bridgehead atoms. The SMILES string of the molecule is Clc1ccc(-c2ccc(Cl)cc2COc2ccc(-c3ccccc3)cc2)cc1. The zero-order chi connectivity index (χ0) is 19.3. The van der Waals surface area contributed by atoms with Gasteiger partial charge in [0.25, 0.3) is 0 Å². The minimum Gasteiger partial charge on any atom is -0.489 e. The third kappa shape index (κ3) is 4.39. The van der Waals surface area contributed by atoms with Gasteiger partial charge in [0.05, 0.1) is 0 Å². The molecule has 0 saturated heterocycles. The lowest BCUT2D eigenvalue weighted by atomic mass is 10.0. The third-order valence-electron chi connectivity index (χ3n) is 4.58. The van der Waals surface area contributed by atoms with E-state index in [0.29, 0.717) is 16.7 Å². The van der Waals surface area contributed by atoms with Crippen molar-refractivity contribution in [2.24, 2.45) is 0 Å². The molecule has 4 aromatic carbocycles. The Balaban J connectivity index is 1.53. The number of rotatable bonds is 5. The first-order valence-electron chi connectivity index (χ1n) is 9.02. The average Bonchev–Trinajstić information content (AvgIpc) is 2.74. The van der Waals surface area contributed by atoms with Gasteiger partial charge in [0.1, 0.15) is 12.4 Å². The van der Waals surface area contributed by atoms with Crippen LogP contribution in [0.1, 0.15) is 5.56 Å². The fourth-order valence-corrected chi connectivity index (χ4v) is 3.45. The Morgan fingerprint density at radius 2 is 1.18 bits per heavy atom. The van der Waals surface area contributed by atoms with Gasteiger partial charge in [-0.15, -0.1) is 0 Å². The van der Waals surface area contributed by atoms with Crippen molar-refractivity contribution in [2.75, 3.05) is 0 Å². The summed E-state index contributed by atoms with van der Waals surface area (Å²) < 4.78 is 6.04. The lowest BCUT2D eigenvalue weighted by Gasteiger charge is -2.13. The van der Waals surface area contributed by atoms with Gasteiger partial charge < -0.3 is 4.74 Å². The highest BCUT2D eigenvalue weighted by Crippen LogP contribution is 2.29. The molecule has 0 amide bonds. The van der Waals surface area contributed by atoms with Crippen LogP contribution in [-0.4, -0.2) is 0 Å². The largest absolute Gasteiger partial charge is 0.489 e. The fourth-order valence-electron chi connectivity index (χ4n) is 3.13. The van der Waals surface area contributed by atoms with Gasteiger partial charge in [0.15, 0.2) is 0 Å². The Bertz CT molecular complexity index is 1060. The normalized spacial score (nSPS) is 10.6. The van der Waals surface area contributed by atoms with Gasteiger partial charge in [0, 0.05) is 10.0 Å². The highest BCUT2D eigenvalue weighted by Gasteiger charge is 2.08. The lowest BCUT2D eigenvalue weighted by Crippen LogP contribution is -1.98. The zero-order valence-corrected chi connectivity index (χ0v) is 16.6.